The molecule has 0 heterocycles. The Hall–Kier alpha value is -3.29. The highest BCUT2D eigenvalue weighted by molar-refractivity contribution is 5.95. The molecule has 132 valence electrons. The van der Waals surface area contributed by atoms with E-state index in [0.29, 0.717) is 17.2 Å². The maximum Gasteiger partial charge on any atom is 0.273 e. The lowest BCUT2D eigenvalue weighted by molar-refractivity contribution is -0.384. The Morgan fingerprint density at radius 2 is 1.72 bits per heavy atom. The predicted molar refractivity (Wildman–Crippen MR) is 91.4 cm³/mol. The molecule has 2 rings (SSSR count). The zero-order chi connectivity index (χ0) is 18.4. The minimum atomic E-state index is -0.784. The largest absolute Gasteiger partial charge is 0.497 e. The molecule has 1 N–H and O–H groups in total. The SMILES string of the molecule is COc1ccc(O[C@H](C)C(=O)Nc2ccc([N+](=O)[O-])cc2OC)cc1. The highest BCUT2D eigenvalue weighted by Crippen LogP contribution is 2.29. The number of ether oxygens (including phenoxy) is 3. The lowest BCUT2D eigenvalue weighted by Crippen LogP contribution is -2.30. The zero-order valence-electron chi connectivity index (χ0n) is 14.0. The topological polar surface area (TPSA) is 99.9 Å². The summed E-state index contributed by atoms with van der Waals surface area (Å²) in [7, 11) is 2.93. The summed E-state index contributed by atoms with van der Waals surface area (Å²) in [5, 5.41) is 13.4. The van der Waals surface area contributed by atoms with Gasteiger partial charge in [0.05, 0.1) is 30.9 Å². The molecule has 2 aromatic rings. The van der Waals surface area contributed by atoms with E-state index in [1.807, 2.05) is 0 Å². The highest BCUT2D eigenvalue weighted by Gasteiger charge is 2.18. The summed E-state index contributed by atoms with van der Waals surface area (Å²) < 4.78 is 15.7. The summed E-state index contributed by atoms with van der Waals surface area (Å²) in [5.41, 5.74) is 0.195. The molecular weight excluding hydrogens is 328 g/mol. The fraction of sp³-hybridized carbons (Fsp3) is 0.235. The number of methoxy groups -OCH3 is 2. The standard InChI is InChI=1S/C17H18N2O6/c1-11(25-14-7-5-13(23-2)6-8-14)17(20)18-15-9-4-12(19(21)22)10-16(15)24-3/h4-11H,1-3H3,(H,18,20)/t11-/m1/s1. The Bertz CT molecular complexity index is 760. The van der Waals surface area contributed by atoms with Gasteiger partial charge in [-0.3, -0.25) is 14.9 Å². The van der Waals surface area contributed by atoms with Crippen LogP contribution in [-0.2, 0) is 4.79 Å². The second kappa shape index (κ2) is 8.00. The number of nitro groups is 1. The average Bonchev–Trinajstić information content (AvgIpc) is 2.62. The van der Waals surface area contributed by atoms with E-state index in [-0.39, 0.29) is 11.4 Å². The van der Waals surface area contributed by atoms with Gasteiger partial charge in [-0.2, -0.15) is 0 Å². The Morgan fingerprint density at radius 1 is 1.08 bits per heavy atom. The number of benzene rings is 2. The van der Waals surface area contributed by atoms with E-state index in [1.54, 1.807) is 38.3 Å². The lowest BCUT2D eigenvalue weighted by Gasteiger charge is -2.16. The van der Waals surface area contributed by atoms with Gasteiger partial charge in [-0.1, -0.05) is 0 Å². The second-order valence-electron chi connectivity index (χ2n) is 5.07. The van der Waals surface area contributed by atoms with Crippen LogP contribution < -0.4 is 19.5 Å². The van der Waals surface area contributed by atoms with Crippen LogP contribution in [0.25, 0.3) is 0 Å². The number of carbonyl (C=O) groups excluding carboxylic acids is 1. The molecule has 1 amide bonds. The number of amides is 1. The van der Waals surface area contributed by atoms with Gasteiger partial charge in [-0.25, -0.2) is 0 Å². The van der Waals surface area contributed by atoms with Crippen LogP contribution in [0.3, 0.4) is 0 Å². The third-order valence-electron chi connectivity index (χ3n) is 3.40. The fourth-order valence-corrected chi connectivity index (χ4v) is 2.04. The Morgan fingerprint density at radius 3 is 2.28 bits per heavy atom. The summed E-state index contributed by atoms with van der Waals surface area (Å²) in [4.78, 5) is 22.5. The van der Waals surface area contributed by atoms with Gasteiger partial charge in [0.15, 0.2) is 6.10 Å². The molecule has 0 aliphatic rings. The summed E-state index contributed by atoms with van der Waals surface area (Å²) in [6, 6.07) is 10.8. The molecule has 25 heavy (non-hydrogen) atoms. The molecule has 2 aromatic carbocycles. The van der Waals surface area contributed by atoms with Crippen LogP contribution in [0.1, 0.15) is 6.92 Å². The highest BCUT2D eigenvalue weighted by atomic mass is 16.6. The van der Waals surface area contributed by atoms with Crippen LogP contribution >= 0.6 is 0 Å². The monoisotopic (exact) mass is 346 g/mol. The first-order chi connectivity index (χ1) is 11.9. The molecule has 1 atom stereocenters. The van der Waals surface area contributed by atoms with Gasteiger partial charge in [0.1, 0.15) is 17.2 Å². The first-order valence-electron chi connectivity index (χ1n) is 7.38. The number of hydrogen-bond acceptors (Lipinski definition) is 6. The van der Waals surface area contributed by atoms with Gasteiger partial charge in [-0.05, 0) is 37.3 Å². The molecule has 0 saturated carbocycles. The van der Waals surface area contributed by atoms with Crippen LogP contribution in [0.15, 0.2) is 42.5 Å². The van der Waals surface area contributed by atoms with Crippen molar-refractivity contribution in [3.8, 4) is 17.2 Å². The van der Waals surface area contributed by atoms with Crippen molar-refractivity contribution in [1.29, 1.82) is 0 Å². The number of anilines is 1. The van der Waals surface area contributed by atoms with Gasteiger partial charge in [0.25, 0.3) is 11.6 Å². The molecule has 0 fully saturated rings. The number of nitrogens with one attached hydrogen (secondary N) is 1. The molecular formula is C17H18N2O6. The van der Waals surface area contributed by atoms with Gasteiger partial charge in [0.2, 0.25) is 0 Å². The van der Waals surface area contributed by atoms with E-state index >= 15 is 0 Å². The number of hydrogen-bond donors (Lipinski definition) is 1. The van der Waals surface area contributed by atoms with Gasteiger partial charge < -0.3 is 19.5 Å². The van der Waals surface area contributed by atoms with Crippen LogP contribution in [0, 0.1) is 10.1 Å². The lowest BCUT2D eigenvalue weighted by atomic mass is 10.2. The normalized spacial score (nSPS) is 11.3. The number of nitro benzene ring substituents is 1. The third-order valence-corrected chi connectivity index (χ3v) is 3.40. The van der Waals surface area contributed by atoms with Crippen molar-refractivity contribution < 1.29 is 23.9 Å². The summed E-state index contributed by atoms with van der Waals surface area (Å²) in [5.74, 6) is 0.973. The first kappa shape index (κ1) is 18.1. The van der Waals surface area contributed by atoms with Gasteiger partial charge in [-0.15, -0.1) is 0 Å². The molecule has 8 heteroatoms. The maximum atomic E-state index is 12.3. The predicted octanol–water partition coefficient (Wildman–Crippen LogP) is 3.02. The average molecular weight is 346 g/mol. The van der Waals surface area contributed by atoms with E-state index in [0.717, 1.165) is 0 Å². The van der Waals surface area contributed by atoms with Gasteiger partial charge >= 0.3 is 0 Å². The molecule has 0 unspecified atom stereocenters. The van der Waals surface area contributed by atoms with Crippen molar-refractivity contribution in [2.45, 2.75) is 13.0 Å². The molecule has 0 radical (unpaired) electrons. The van der Waals surface area contributed by atoms with Crippen molar-refractivity contribution in [2.24, 2.45) is 0 Å². The minimum Gasteiger partial charge on any atom is -0.497 e. The van der Waals surface area contributed by atoms with E-state index in [4.69, 9.17) is 14.2 Å². The van der Waals surface area contributed by atoms with E-state index < -0.39 is 16.9 Å². The summed E-state index contributed by atoms with van der Waals surface area (Å²) in [6.07, 6.45) is -0.784. The Labute approximate surface area is 144 Å². The first-order valence-corrected chi connectivity index (χ1v) is 7.38. The molecule has 0 spiro atoms. The number of rotatable bonds is 7. The third kappa shape index (κ3) is 4.60. The van der Waals surface area contributed by atoms with Crippen molar-refractivity contribution in [3.63, 3.8) is 0 Å². The van der Waals surface area contributed by atoms with E-state index in [9.17, 15) is 14.9 Å². The van der Waals surface area contributed by atoms with Crippen LogP contribution in [0.4, 0.5) is 11.4 Å². The zero-order valence-corrected chi connectivity index (χ0v) is 14.0. The number of carbonyl (C=O) groups is 1. The summed E-state index contributed by atoms with van der Waals surface area (Å²) in [6.45, 7) is 1.59. The smallest absolute Gasteiger partial charge is 0.273 e. The second-order valence-corrected chi connectivity index (χ2v) is 5.07. The number of nitrogens with zero attached hydrogens (tertiary/aromatic N) is 1. The molecule has 0 aromatic heterocycles. The van der Waals surface area contributed by atoms with Crippen LogP contribution in [0.5, 0.6) is 17.2 Å². The molecule has 0 aliphatic carbocycles. The number of non-ortho nitro benzene ring substituents is 1. The Kier molecular flexibility index (Phi) is 5.78. The van der Waals surface area contributed by atoms with E-state index in [2.05, 4.69) is 5.32 Å². The van der Waals surface area contributed by atoms with Crippen LogP contribution in [-0.4, -0.2) is 31.2 Å². The molecule has 8 nitrogen and oxygen atoms in total. The van der Waals surface area contributed by atoms with Crippen molar-refractivity contribution in [3.05, 3.63) is 52.6 Å². The molecule has 0 bridgehead atoms. The Balaban J connectivity index is 2.06. The van der Waals surface area contributed by atoms with Crippen molar-refractivity contribution >= 4 is 17.3 Å². The maximum absolute atomic E-state index is 12.3. The van der Waals surface area contributed by atoms with Crippen molar-refractivity contribution in [1.82, 2.24) is 0 Å². The van der Waals surface area contributed by atoms with Crippen molar-refractivity contribution in [2.75, 3.05) is 19.5 Å². The van der Waals surface area contributed by atoms with Gasteiger partial charge in [0, 0.05) is 6.07 Å². The van der Waals surface area contributed by atoms with Crippen LogP contribution in [0.2, 0.25) is 0 Å². The van der Waals surface area contributed by atoms with E-state index in [1.165, 1.54) is 25.3 Å². The molecule has 0 saturated heterocycles. The molecule has 0 aliphatic heterocycles. The minimum absolute atomic E-state index is 0.127. The fourth-order valence-electron chi connectivity index (χ4n) is 2.04. The summed E-state index contributed by atoms with van der Waals surface area (Å²) >= 11 is 0. The quantitative estimate of drug-likeness (QED) is 0.611.